The molecule has 2 heterocycles. The summed E-state index contributed by atoms with van der Waals surface area (Å²) in [4.78, 5) is 2.31. The van der Waals surface area contributed by atoms with Crippen LogP contribution in [0, 0.1) is 0 Å². The monoisotopic (exact) mass is 652 g/mol. The molecule has 0 saturated heterocycles. The molecule has 0 aliphatic carbocycles. The highest BCUT2D eigenvalue weighted by atomic mass is 16.3. The van der Waals surface area contributed by atoms with Crippen LogP contribution in [0.5, 0.6) is 0 Å². The van der Waals surface area contributed by atoms with Gasteiger partial charge in [-0.05, 0) is 89.0 Å². The maximum Gasteiger partial charge on any atom is 0.137 e. The molecule has 10 rings (SSSR count). The van der Waals surface area contributed by atoms with Gasteiger partial charge in [0.25, 0.3) is 0 Å². The Hall–Kier alpha value is -6.84. The van der Waals surface area contributed by atoms with E-state index in [4.69, 9.17) is 4.42 Å². The van der Waals surface area contributed by atoms with E-state index in [0.717, 1.165) is 44.7 Å². The Kier molecular flexibility index (Phi) is 6.81. The van der Waals surface area contributed by atoms with Gasteiger partial charge in [-0.3, -0.25) is 0 Å². The summed E-state index contributed by atoms with van der Waals surface area (Å²) < 4.78 is 8.72. The van der Waals surface area contributed by atoms with Gasteiger partial charge in [0.15, 0.2) is 0 Å². The molecule has 3 nitrogen and oxygen atoms in total. The molecule has 3 heteroatoms. The van der Waals surface area contributed by atoms with E-state index in [9.17, 15) is 0 Å². The van der Waals surface area contributed by atoms with E-state index in [-0.39, 0.29) is 0 Å². The topological polar surface area (TPSA) is 21.3 Å². The van der Waals surface area contributed by atoms with Crippen LogP contribution in [0.4, 0.5) is 17.1 Å². The van der Waals surface area contributed by atoms with Crippen molar-refractivity contribution in [2.24, 2.45) is 0 Å². The summed E-state index contributed by atoms with van der Waals surface area (Å²) in [5, 5.41) is 4.75. The highest BCUT2D eigenvalue weighted by Gasteiger charge is 2.18. The molecule has 0 bridgehead atoms. The van der Waals surface area contributed by atoms with Crippen molar-refractivity contribution in [3.8, 4) is 27.9 Å². The van der Waals surface area contributed by atoms with Crippen molar-refractivity contribution in [2.75, 3.05) is 4.90 Å². The summed E-state index contributed by atoms with van der Waals surface area (Å²) in [6.07, 6.45) is 0. The van der Waals surface area contributed by atoms with Crippen molar-refractivity contribution in [3.05, 3.63) is 194 Å². The number of fused-ring (bicyclic) bond motifs is 6. The highest BCUT2D eigenvalue weighted by Crippen LogP contribution is 2.42. The van der Waals surface area contributed by atoms with E-state index >= 15 is 0 Å². The molecule has 10 aromatic rings. The Bertz CT molecular complexity index is 2830. The number of benzene rings is 8. The molecule has 0 spiro atoms. The minimum absolute atomic E-state index is 0.873. The molecule has 0 aliphatic rings. The minimum atomic E-state index is 0.873. The summed E-state index contributed by atoms with van der Waals surface area (Å²) in [6, 6.07) is 69.1. The molecule has 2 aromatic heterocycles. The average Bonchev–Trinajstić information content (AvgIpc) is 3.75. The summed E-state index contributed by atoms with van der Waals surface area (Å²) in [6.45, 7) is 0. The zero-order chi connectivity index (χ0) is 33.7. The van der Waals surface area contributed by atoms with Crippen LogP contribution >= 0.6 is 0 Å². The first-order chi connectivity index (χ1) is 25.3. The zero-order valence-corrected chi connectivity index (χ0v) is 27.8. The van der Waals surface area contributed by atoms with E-state index in [1.807, 2.05) is 12.1 Å². The number of para-hydroxylation sites is 3. The smallest absolute Gasteiger partial charge is 0.137 e. The lowest BCUT2D eigenvalue weighted by Gasteiger charge is -2.26. The molecule has 0 N–H and O–H groups in total. The van der Waals surface area contributed by atoms with Crippen LogP contribution in [0.3, 0.4) is 0 Å². The third-order valence-electron chi connectivity index (χ3n) is 10.0. The fraction of sp³-hybridized carbons (Fsp3) is 0. The van der Waals surface area contributed by atoms with Gasteiger partial charge in [0.05, 0.1) is 11.0 Å². The van der Waals surface area contributed by atoms with Crippen molar-refractivity contribution in [1.82, 2.24) is 4.57 Å². The van der Waals surface area contributed by atoms with Gasteiger partial charge in [0.1, 0.15) is 11.2 Å². The van der Waals surface area contributed by atoms with E-state index in [0.29, 0.717) is 0 Å². The molecule has 0 fully saturated rings. The molecule has 0 aliphatic heterocycles. The summed E-state index contributed by atoms with van der Waals surface area (Å²) in [5.74, 6) is 0. The van der Waals surface area contributed by atoms with E-state index in [1.165, 1.54) is 44.1 Å². The van der Waals surface area contributed by atoms with Gasteiger partial charge in [0.2, 0.25) is 0 Å². The first kappa shape index (κ1) is 29.1. The number of hydrogen-bond acceptors (Lipinski definition) is 2. The largest absolute Gasteiger partial charge is 0.456 e. The Morgan fingerprint density at radius 2 is 0.941 bits per heavy atom. The minimum Gasteiger partial charge on any atom is -0.456 e. The van der Waals surface area contributed by atoms with E-state index < -0.39 is 0 Å². The zero-order valence-electron chi connectivity index (χ0n) is 27.8. The molecule has 240 valence electrons. The third kappa shape index (κ3) is 4.90. The number of rotatable bonds is 6. The molecule has 0 atom stereocenters. The summed E-state index contributed by atoms with van der Waals surface area (Å²) in [5.41, 5.74) is 13.3. The second-order valence-corrected chi connectivity index (χ2v) is 13.0. The fourth-order valence-corrected chi connectivity index (χ4v) is 7.64. The van der Waals surface area contributed by atoms with Gasteiger partial charge in [0, 0.05) is 50.4 Å². The normalized spacial score (nSPS) is 11.5. The van der Waals surface area contributed by atoms with Crippen molar-refractivity contribution >= 4 is 60.8 Å². The van der Waals surface area contributed by atoms with Crippen molar-refractivity contribution in [1.29, 1.82) is 0 Å². The van der Waals surface area contributed by atoms with Crippen LogP contribution in [-0.4, -0.2) is 4.57 Å². The predicted octanol–water partition coefficient (Wildman–Crippen LogP) is 13.5. The molecule has 0 unspecified atom stereocenters. The van der Waals surface area contributed by atoms with Gasteiger partial charge in [-0.25, -0.2) is 0 Å². The molecule has 0 amide bonds. The van der Waals surface area contributed by atoms with Crippen LogP contribution in [0.15, 0.2) is 199 Å². The van der Waals surface area contributed by atoms with Gasteiger partial charge in [-0.1, -0.05) is 121 Å². The second-order valence-electron chi connectivity index (χ2n) is 13.0. The lowest BCUT2D eigenvalue weighted by molar-refractivity contribution is 0.669. The fourth-order valence-electron chi connectivity index (χ4n) is 7.64. The molecule has 8 aromatic carbocycles. The second kappa shape index (κ2) is 11.9. The lowest BCUT2D eigenvalue weighted by atomic mass is 9.99. The van der Waals surface area contributed by atoms with Crippen molar-refractivity contribution in [2.45, 2.75) is 0 Å². The standard InChI is InChI=1S/C48H32N2O/c1-3-12-33(13-4-1)34-22-26-37(27-23-34)49(39-30-31-42-41-16-8-10-21-46(41)51-47(42)32-39)38-28-24-35(25-29-38)40-18-11-20-45-48(40)43-17-7-9-19-44(43)50(45)36-14-5-2-6-15-36/h1-32H. The van der Waals surface area contributed by atoms with Gasteiger partial charge in [-0.2, -0.15) is 0 Å². The summed E-state index contributed by atoms with van der Waals surface area (Å²) in [7, 11) is 0. The number of hydrogen-bond donors (Lipinski definition) is 0. The molecule has 0 radical (unpaired) electrons. The van der Waals surface area contributed by atoms with Crippen molar-refractivity contribution in [3.63, 3.8) is 0 Å². The Morgan fingerprint density at radius 1 is 0.373 bits per heavy atom. The SMILES string of the molecule is c1ccc(-c2ccc(N(c3ccc(-c4cccc5c4c4ccccc4n5-c4ccccc4)cc3)c3ccc4c(c3)oc3ccccc34)cc2)cc1. The van der Waals surface area contributed by atoms with Crippen LogP contribution in [0.1, 0.15) is 0 Å². The Balaban J connectivity index is 1.11. The van der Waals surface area contributed by atoms with Gasteiger partial charge >= 0.3 is 0 Å². The Morgan fingerprint density at radius 3 is 1.71 bits per heavy atom. The Labute approximate surface area is 295 Å². The van der Waals surface area contributed by atoms with E-state index in [1.54, 1.807) is 0 Å². The number of anilines is 3. The van der Waals surface area contributed by atoms with Crippen LogP contribution in [0.25, 0.3) is 71.7 Å². The molecular formula is C48H32N2O. The molecule has 51 heavy (non-hydrogen) atoms. The van der Waals surface area contributed by atoms with Crippen LogP contribution in [-0.2, 0) is 0 Å². The molecule has 0 saturated carbocycles. The van der Waals surface area contributed by atoms with E-state index in [2.05, 4.69) is 191 Å². The number of nitrogens with zero attached hydrogens (tertiary/aromatic N) is 2. The van der Waals surface area contributed by atoms with Crippen LogP contribution < -0.4 is 4.90 Å². The van der Waals surface area contributed by atoms with Gasteiger partial charge < -0.3 is 13.9 Å². The lowest BCUT2D eigenvalue weighted by Crippen LogP contribution is -2.09. The highest BCUT2D eigenvalue weighted by molar-refractivity contribution is 6.15. The quantitative estimate of drug-likeness (QED) is 0.178. The number of aromatic nitrogens is 1. The third-order valence-corrected chi connectivity index (χ3v) is 10.0. The van der Waals surface area contributed by atoms with Gasteiger partial charge in [-0.15, -0.1) is 0 Å². The molecular weight excluding hydrogens is 621 g/mol. The maximum absolute atomic E-state index is 6.35. The average molecular weight is 653 g/mol. The maximum atomic E-state index is 6.35. The van der Waals surface area contributed by atoms with Crippen LogP contribution in [0.2, 0.25) is 0 Å². The van der Waals surface area contributed by atoms with Crippen molar-refractivity contribution < 1.29 is 4.42 Å². The first-order valence-electron chi connectivity index (χ1n) is 17.4. The number of furan rings is 1. The first-order valence-corrected chi connectivity index (χ1v) is 17.4. The predicted molar refractivity (Wildman–Crippen MR) is 214 cm³/mol. The summed E-state index contributed by atoms with van der Waals surface area (Å²) >= 11 is 0.